The third-order valence-electron chi connectivity index (χ3n) is 7.21. The lowest BCUT2D eigenvalue weighted by Crippen LogP contribution is -2.54. The Morgan fingerprint density at radius 3 is 2.26 bits per heavy atom. The Morgan fingerprint density at radius 1 is 0.968 bits per heavy atom. The molecule has 1 N–H and O–H groups in total. The third kappa shape index (κ3) is 4.26. The summed E-state index contributed by atoms with van der Waals surface area (Å²) in [6, 6.07) is 13.0. The number of rotatable bonds is 6. The van der Waals surface area contributed by atoms with Crippen molar-refractivity contribution in [3.63, 3.8) is 0 Å². The van der Waals surface area contributed by atoms with E-state index in [1.165, 1.54) is 11.1 Å². The number of aryl methyl sites for hydroxylation is 1. The van der Waals surface area contributed by atoms with E-state index in [4.69, 9.17) is 14.2 Å². The van der Waals surface area contributed by atoms with Crippen LogP contribution in [0.2, 0.25) is 0 Å². The zero-order chi connectivity index (χ0) is 22.0. The van der Waals surface area contributed by atoms with Gasteiger partial charge in [0, 0.05) is 25.0 Å². The van der Waals surface area contributed by atoms with E-state index in [0.717, 1.165) is 50.8 Å². The van der Waals surface area contributed by atoms with Gasteiger partial charge < -0.3 is 19.3 Å². The second-order valence-corrected chi connectivity index (χ2v) is 9.07. The number of fused-ring (bicyclic) bond motifs is 1. The summed E-state index contributed by atoms with van der Waals surface area (Å²) < 4.78 is 16.9. The Balaban J connectivity index is 1.77. The second kappa shape index (κ2) is 9.09. The van der Waals surface area contributed by atoms with E-state index in [0.29, 0.717) is 17.2 Å². The summed E-state index contributed by atoms with van der Waals surface area (Å²) in [6.45, 7) is 3.84. The van der Waals surface area contributed by atoms with E-state index in [1.807, 2.05) is 0 Å². The monoisotopic (exact) mass is 425 g/mol. The molecule has 1 aliphatic heterocycles. The quantitative estimate of drug-likeness (QED) is 0.714. The molecule has 31 heavy (non-hydrogen) atoms. The average Bonchev–Trinajstić information content (AvgIpc) is 2.79. The summed E-state index contributed by atoms with van der Waals surface area (Å²) in [5, 5.41) is 11.6. The number of benzene rings is 2. The normalized spacial score (nSPS) is 26.2. The van der Waals surface area contributed by atoms with Crippen LogP contribution in [0.4, 0.5) is 0 Å². The number of aliphatic hydroxyl groups is 1. The number of ether oxygens (including phenoxy) is 3. The van der Waals surface area contributed by atoms with Gasteiger partial charge in [-0.1, -0.05) is 42.7 Å². The summed E-state index contributed by atoms with van der Waals surface area (Å²) in [5.74, 6) is 2.12. The summed E-state index contributed by atoms with van der Waals surface area (Å²) >= 11 is 0. The van der Waals surface area contributed by atoms with Crippen molar-refractivity contribution in [3.8, 4) is 17.2 Å². The van der Waals surface area contributed by atoms with Gasteiger partial charge in [0.1, 0.15) is 0 Å². The summed E-state index contributed by atoms with van der Waals surface area (Å²) in [6.07, 6.45) is 5.00. The van der Waals surface area contributed by atoms with Gasteiger partial charge in [0.2, 0.25) is 5.75 Å². The summed E-state index contributed by atoms with van der Waals surface area (Å²) in [7, 11) is 4.94. The van der Waals surface area contributed by atoms with Gasteiger partial charge in [0.05, 0.1) is 26.9 Å². The highest BCUT2D eigenvalue weighted by atomic mass is 16.5. The molecular formula is C26H35NO4. The summed E-state index contributed by atoms with van der Waals surface area (Å²) in [5.41, 5.74) is 3.08. The lowest BCUT2D eigenvalue weighted by molar-refractivity contribution is -0.126. The first-order chi connectivity index (χ1) is 15.0. The molecule has 2 fully saturated rings. The van der Waals surface area contributed by atoms with Crippen molar-refractivity contribution in [3.05, 3.63) is 53.1 Å². The Kier molecular flexibility index (Phi) is 6.44. The van der Waals surface area contributed by atoms with Crippen molar-refractivity contribution in [2.45, 2.75) is 57.2 Å². The minimum absolute atomic E-state index is 0.0917. The van der Waals surface area contributed by atoms with Gasteiger partial charge in [0.15, 0.2) is 11.5 Å². The van der Waals surface area contributed by atoms with Gasteiger partial charge in [-0.05, 0) is 49.4 Å². The Labute approximate surface area is 185 Å². The fourth-order valence-electron chi connectivity index (χ4n) is 5.56. The molecule has 5 heteroatoms. The van der Waals surface area contributed by atoms with Crippen LogP contribution in [0.5, 0.6) is 17.2 Å². The summed E-state index contributed by atoms with van der Waals surface area (Å²) in [4.78, 5) is 2.52. The fourth-order valence-corrected chi connectivity index (χ4v) is 5.56. The Hall–Kier alpha value is -2.24. The van der Waals surface area contributed by atoms with Gasteiger partial charge in [0.25, 0.3) is 0 Å². The molecule has 168 valence electrons. The van der Waals surface area contributed by atoms with Crippen LogP contribution in [0.15, 0.2) is 36.4 Å². The van der Waals surface area contributed by atoms with Crippen molar-refractivity contribution >= 4 is 0 Å². The van der Waals surface area contributed by atoms with Crippen LogP contribution in [0.3, 0.4) is 0 Å². The molecular weight excluding hydrogens is 390 g/mol. The molecule has 2 aromatic rings. The van der Waals surface area contributed by atoms with Crippen LogP contribution >= 0.6 is 0 Å². The molecule has 1 aliphatic carbocycles. The van der Waals surface area contributed by atoms with Crippen LogP contribution < -0.4 is 14.2 Å². The molecule has 0 aromatic heterocycles. The molecule has 5 nitrogen and oxygen atoms in total. The molecule has 3 atom stereocenters. The second-order valence-electron chi connectivity index (χ2n) is 9.07. The third-order valence-corrected chi connectivity index (χ3v) is 7.21. The highest BCUT2D eigenvalue weighted by molar-refractivity contribution is 5.54. The van der Waals surface area contributed by atoms with Crippen LogP contribution in [-0.2, 0) is 6.54 Å². The first-order valence-corrected chi connectivity index (χ1v) is 11.3. The van der Waals surface area contributed by atoms with Crippen LogP contribution in [0.25, 0.3) is 0 Å². The van der Waals surface area contributed by atoms with E-state index in [2.05, 4.69) is 48.2 Å². The maximum absolute atomic E-state index is 11.6. The topological polar surface area (TPSA) is 51.2 Å². The number of hydrogen-bond acceptors (Lipinski definition) is 5. The Bertz CT molecular complexity index is 872. The van der Waals surface area contributed by atoms with Crippen LogP contribution in [0, 0.1) is 12.8 Å². The first-order valence-electron chi connectivity index (χ1n) is 11.3. The van der Waals surface area contributed by atoms with Crippen molar-refractivity contribution in [1.29, 1.82) is 0 Å². The first kappa shape index (κ1) is 22.0. The van der Waals surface area contributed by atoms with Crippen molar-refractivity contribution < 1.29 is 19.3 Å². The highest BCUT2D eigenvalue weighted by Crippen LogP contribution is 2.51. The van der Waals surface area contributed by atoms with Gasteiger partial charge in [-0.3, -0.25) is 4.90 Å². The van der Waals surface area contributed by atoms with Crippen LogP contribution in [0.1, 0.15) is 54.8 Å². The van der Waals surface area contributed by atoms with Crippen molar-refractivity contribution in [2.75, 3.05) is 27.9 Å². The van der Waals surface area contributed by atoms with Gasteiger partial charge in [-0.15, -0.1) is 0 Å². The lowest BCUT2D eigenvalue weighted by atomic mass is 9.66. The predicted molar refractivity (Wildman–Crippen MR) is 122 cm³/mol. The van der Waals surface area contributed by atoms with E-state index >= 15 is 0 Å². The smallest absolute Gasteiger partial charge is 0.203 e. The highest BCUT2D eigenvalue weighted by Gasteiger charge is 2.49. The van der Waals surface area contributed by atoms with E-state index < -0.39 is 5.60 Å². The molecule has 2 aliphatic rings. The molecule has 4 rings (SSSR count). The SMILES string of the molecule is COc1cc([C@H]2[C@@H]3CCCC[C@]3(O)CCN2Cc2ccc(C)cc2)cc(OC)c1OC. The van der Waals surface area contributed by atoms with E-state index in [1.54, 1.807) is 21.3 Å². The molecule has 0 bridgehead atoms. The largest absolute Gasteiger partial charge is 0.493 e. The minimum atomic E-state index is -0.604. The van der Waals surface area contributed by atoms with Crippen molar-refractivity contribution in [2.24, 2.45) is 5.92 Å². The maximum Gasteiger partial charge on any atom is 0.203 e. The molecule has 0 radical (unpaired) electrons. The standard InChI is InChI=1S/C26H35NO4/c1-18-8-10-19(11-9-18)17-27-14-13-26(28)12-6-5-7-21(26)24(27)20-15-22(29-2)25(31-4)23(16-20)30-3/h8-11,15-16,21,24,28H,5-7,12-14,17H2,1-4H3/t21-,24-,26-/m0/s1. The maximum atomic E-state index is 11.6. The van der Waals surface area contributed by atoms with E-state index in [-0.39, 0.29) is 12.0 Å². The Morgan fingerprint density at radius 2 is 1.65 bits per heavy atom. The lowest BCUT2D eigenvalue weighted by Gasteiger charge is -2.53. The number of methoxy groups -OCH3 is 3. The molecule has 0 amide bonds. The van der Waals surface area contributed by atoms with Gasteiger partial charge in [-0.2, -0.15) is 0 Å². The molecule has 0 unspecified atom stereocenters. The number of likely N-dealkylation sites (tertiary alicyclic amines) is 1. The minimum Gasteiger partial charge on any atom is -0.493 e. The molecule has 2 aromatic carbocycles. The van der Waals surface area contributed by atoms with Crippen molar-refractivity contribution in [1.82, 2.24) is 4.90 Å². The average molecular weight is 426 g/mol. The molecule has 0 spiro atoms. The zero-order valence-electron chi connectivity index (χ0n) is 19.2. The predicted octanol–water partition coefficient (Wildman–Crippen LogP) is 4.89. The number of nitrogens with zero attached hydrogens (tertiary/aromatic N) is 1. The molecule has 1 saturated carbocycles. The molecule has 1 saturated heterocycles. The van der Waals surface area contributed by atoms with Gasteiger partial charge in [-0.25, -0.2) is 0 Å². The molecule has 1 heterocycles. The van der Waals surface area contributed by atoms with Crippen LogP contribution in [-0.4, -0.2) is 43.5 Å². The fraction of sp³-hybridized carbons (Fsp3) is 0.538. The zero-order valence-corrected chi connectivity index (χ0v) is 19.2. The number of piperidine rings is 1. The number of hydrogen-bond donors (Lipinski definition) is 1. The van der Waals surface area contributed by atoms with Gasteiger partial charge >= 0.3 is 0 Å². The van der Waals surface area contributed by atoms with E-state index in [9.17, 15) is 5.11 Å².